The van der Waals surface area contributed by atoms with Crippen LogP contribution in [-0.2, 0) is 4.79 Å². The van der Waals surface area contributed by atoms with E-state index in [0.717, 1.165) is 11.1 Å². The molecular formula is C16H25NO2. The van der Waals surface area contributed by atoms with E-state index in [2.05, 4.69) is 26.0 Å². The predicted octanol–water partition coefficient (Wildman–Crippen LogP) is 3.48. The third-order valence-corrected chi connectivity index (χ3v) is 3.72. The molecule has 3 nitrogen and oxygen atoms in total. The fourth-order valence-corrected chi connectivity index (χ4v) is 2.42. The van der Waals surface area contributed by atoms with Crippen molar-refractivity contribution in [2.75, 3.05) is 0 Å². The summed E-state index contributed by atoms with van der Waals surface area (Å²) in [5.74, 6) is -0.957. The van der Waals surface area contributed by atoms with Gasteiger partial charge in [0.25, 0.3) is 0 Å². The van der Waals surface area contributed by atoms with Gasteiger partial charge in [0.15, 0.2) is 0 Å². The summed E-state index contributed by atoms with van der Waals surface area (Å²) in [4.78, 5) is 11.4. The van der Waals surface area contributed by atoms with E-state index in [-0.39, 0.29) is 5.92 Å². The maximum atomic E-state index is 11.4. The summed E-state index contributed by atoms with van der Waals surface area (Å²) in [7, 11) is 0. The van der Waals surface area contributed by atoms with Gasteiger partial charge in [0.05, 0.1) is 5.92 Å². The summed E-state index contributed by atoms with van der Waals surface area (Å²) in [6, 6.07) is 5.71. The average Bonchev–Trinajstić information content (AvgIpc) is 2.27. The lowest BCUT2D eigenvalue weighted by molar-refractivity contribution is -0.144. The van der Waals surface area contributed by atoms with Crippen molar-refractivity contribution in [3.63, 3.8) is 0 Å². The smallest absolute Gasteiger partial charge is 0.308 e. The second-order valence-electron chi connectivity index (χ2n) is 5.90. The van der Waals surface area contributed by atoms with E-state index in [1.54, 1.807) is 0 Å². The molecular weight excluding hydrogens is 238 g/mol. The highest BCUT2D eigenvalue weighted by atomic mass is 16.4. The van der Waals surface area contributed by atoms with Gasteiger partial charge in [-0.2, -0.15) is 0 Å². The molecule has 0 aliphatic heterocycles. The molecule has 0 saturated heterocycles. The molecule has 0 amide bonds. The third kappa shape index (κ3) is 3.57. The molecule has 1 rings (SSSR count). The number of carbonyl (C=O) groups is 1. The Balaban J connectivity index is 3.20. The first-order valence-electron chi connectivity index (χ1n) is 6.84. The van der Waals surface area contributed by atoms with Gasteiger partial charge >= 0.3 is 5.97 Å². The molecule has 106 valence electrons. The Bertz CT molecular complexity index is 452. The predicted molar refractivity (Wildman–Crippen MR) is 78.2 cm³/mol. The molecule has 19 heavy (non-hydrogen) atoms. The van der Waals surface area contributed by atoms with Crippen LogP contribution in [0.25, 0.3) is 0 Å². The Morgan fingerprint density at radius 2 is 1.79 bits per heavy atom. The fraction of sp³-hybridized carbons (Fsp3) is 0.562. The van der Waals surface area contributed by atoms with Gasteiger partial charge < -0.3 is 10.8 Å². The molecule has 0 radical (unpaired) electrons. The topological polar surface area (TPSA) is 63.3 Å². The number of nitrogens with two attached hydrogens (primary N) is 1. The van der Waals surface area contributed by atoms with Crippen molar-refractivity contribution in [2.45, 2.75) is 46.6 Å². The van der Waals surface area contributed by atoms with Crippen LogP contribution in [-0.4, -0.2) is 11.1 Å². The van der Waals surface area contributed by atoms with Crippen molar-refractivity contribution < 1.29 is 9.90 Å². The Morgan fingerprint density at radius 3 is 2.21 bits per heavy atom. The normalized spacial score (nSPS) is 14.7. The van der Waals surface area contributed by atoms with Crippen molar-refractivity contribution in [1.29, 1.82) is 0 Å². The minimum Gasteiger partial charge on any atom is -0.481 e. The molecule has 0 bridgehead atoms. The van der Waals surface area contributed by atoms with Crippen LogP contribution in [0.15, 0.2) is 18.2 Å². The molecule has 0 fully saturated rings. The molecule has 1 aromatic rings. The number of carboxylic acids is 1. The molecule has 0 spiro atoms. The number of aliphatic carboxylic acids is 1. The molecule has 0 heterocycles. The zero-order valence-corrected chi connectivity index (χ0v) is 12.5. The summed E-state index contributed by atoms with van der Waals surface area (Å²) in [6.45, 7) is 10.0. The molecule has 2 unspecified atom stereocenters. The van der Waals surface area contributed by atoms with E-state index < -0.39 is 17.9 Å². The van der Waals surface area contributed by atoms with E-state index in [9.17, 15) is 9.90 Å². The summed E-state index contributed by atoms with van der Waals surface area (Å²) < 4.78 is 0. The van der Waals surface area contributed by atoms with Crippen LogP contribution in [0.2, 0.25) is 0 Å². The van der Waals surface area contributed by atoms with Gasteiger partial charge in [-0.15, -0.1) is 0 Å². The van der Waals surface area contributed by atoms with E-state index in [1.807, 2.05) is 26.8 Å². The molecule has 1 aromatic carbocycles. The van der Waals surface area contributed by atoms with Crippen molar-refractivity contribution in [1.82, 2.24) is 0 Å². The molecule has 3 heteroatoms. The maximum absolute atomic E-state index is 11.4. The number of carboxylic acid groups (broad SMARTS) is 1. The largest absolute Gasteiger partial charge is 0.481 e. The fourth-order valence-electron chi connectivity index (χ4n) is 2.42. The van der Waals surface area contributed by atoms with Gasteiger partial charge in [0.2, 0.25) is 0 Å². The summed E-state index contributed by atoms with van der Waals surface area (Å²) in [5, 5.41) is 9.36. The summed E-state index contributed by atoms with van der Waals surface area (Å²) in [6.07, 6.45) is 0. The SMILES string of the molecule is Cc1ccc(C(C)C)cc1C(N)C(C(=O)O)C(C)C. The standard InChI is InChI=1S/C16H25NO2/c1-9(2)12-7-6-11(5)13(8-12)15(17)14(10(3)4)16(18)19/h6-10,14-15H,17H2,1-5H3,(H,18,19). The van der Waals surface area contributed by atoms with Gasteiger partial charge in [-0.3, -0.25) is 4.79 Å². The van der Waals surface area contributed by atoms with Gasteiger partial charge in [-0.05, 0) is 35.4 Å². The quantitative estimate of drug-likeness (QED) is 0.855. The van der Waals surface area contributed by atoms with Crippen molar-refractivity contribution in [3.05, 3.63) is 34.9 Å². The van der Waals surface area contributed by atoms with E-state index in [4.69, 9.17) is 5.73 Å². The third-order valence-electron chi connectivity index (χ3n) is 3.72. The van der Waals surface area contributed by atoms with Crippen LogP contribution in [0.1, 0.15) is 56.3 Å². The zero-order valence-electron chi connectivity index (χ0n) is 12.5. The van der Waals surface area contributed by atoms with E-state index >= 15 is 0 Å². The highest BCUT2D eigenvalue weighted by molar-refractivity contribution is 5.71. The monoisotopic (exact) mass is 263 g/mol. The second-order valence-corrected chi connectivity index (χ2v) is 5.90. The minimum atomic E-state index is -0.822. The lowest BCUT2D eigenvalue weighted by Gasteiger charge is -2.26. The van der Waals surface area contributed by atoms with Gasteiger partial charge in [-0.25, -0.2) is 0 Å². The van der Waals surface area contributed by atoms with E-state index in [1.165, 1.54) is 5.56 Å². The molecule has 0 aromatic heterocycles. The van der Waals surface area contributed by atoms with Crippen LogP contribution in [0.3, 0.4) is 0 Å². The van der Waals surface area contributed by atoms with Crippen LogP contribution in [0.5, 0.6) is 0 Å². The van der Waals surface area contributed by atoms with Gasteiger partial charge in [-0.1, -0.05) is 45.9 Å². The van der Waals surface area contributed by atoms with Gasteiger partial charge in [0.1, 0.15) is 0 Å². The Hall–Kier alpha value is -1.35. The molecule has 2 atom stereocenters. The van der Waals surface area contributed by atoms with Crippen LogP contribution >= 0.6 is 0 Å². The first-order chi connectivity index (χ1) is 8.75. The summed E-state index contributed by atoms with van der Waals surface area (Å²) in [5.41, 5.74) is 9.44. The van der Waals surface area contributed by atoms with Crippen LogP contribution in [0.4, 0.5) is 0 Å². The van der Waals surface area contributed by atoms with Crippen molar-refractivity contribution >= 4 is 5.97 Å². The first kappa shape index (κ1) is 15.7. The highest BCUT2D eigenvalue weighted by Crippen LogP contribution is 2.30. The lowest BCUT2D eigenvalue weighted by atomic mass is 9.82. The summed E-state index contributed by atoms with van der Waals surface area (Å²) >= 11 is 0. The Kier molecular flexibility index (Phi) is 5.12. The number of aryl methyl sites for hydroxylation is 1. The number of benzene rings is 1. The highest BCUT2D eigenvalue weighted by Gasteiger charge is 2.30. The van der Waals surface area contributed by atoms with Crippen LogP contribution in [0, 0.1) is 18.8 Å². The van der Waals surface area contributed by atoms with Crippen LogP contribution < -0.4 is 5.73 Å². The average molecular weight is 263 g/mol. The minimum absolute atomic E-state index is 0.00889. The maximum Gasteiger partial charge on any atom is 0.308 e. The first-order valence-corrected chi connectivity index (χ1v) is 6.84. The Labute approximate surface area is 115 Å². The van der Waals surface area contributed by atoms with Gasteiger partial charge in [0, 0.05) is 6.04 Å². The number of hydrogen-bond donors (Lipinski definition) is 2. The second kappa shape index (κ2) is 6.20. The molecule has 0 saturated carbocycles. The zero-order chi connectivity index (χ0) is 14.7. The van der Waals surface area contributed by atoms with Crippen molar-refractivity contribution in [2.24, 2.45) is 17.6 Å². The van der Waals surface area contributed by atoms with Crippen molar-refractivity contribution in [3.8, 4) is 0 Å². The van der Waals surface area contributed by atoms with E-state index in [0.29, 0.717) is 5.92 Å². The molecule has 0 aliphatic carbocycles. The lowest BCUT2D eigenvalue weighted by Crippen LogP contribution is -2.32. The number of rotatable bonds is 5. The Morgan fingerprint density at radius 1 is 1.21 bits per heavy atom. The molecule has 3 N–H and O–H groups in total. The number of hydrogen-bond acceptors (Lipinski definition) is 2. The molecule has 0 aliphatic rings.